The average molecular weight is 645 g/mol. The predicted octanol–water partition coefficient (Wildman–Crippen LogP) is 12.7. The molecule has 0 atom stereocenters. The Kier molecular flexibility index (Phi) is 9.00. The van der Waals surface area contributed by atoms with E-state index >= 15 is 0 Å². The molecule has 0 saturated heterocycles. The molecule has 0 nitrogen and oxygen atoms in total. The lowest BCUT2D eigenvalue weighted by atomic mass is 9.91. The van der Waals surface area contributed by atoms with Crippen LogP contribution in [0.2, 0.25) is 34.8 Å². The van der Waals surface area contributed by atoms with Gasteiger partial charge in [0, 0.05) is 31.3 Å². The van der Waals surface area contributed by atoms with Crippen LogP contribution in [0.15, 0.2) is 36.4 Å². The molecule has 0 fully saturated rings. The third-order valence-corrected chi connectivity index (χ3v) is 22.9. The lowest BCUT2D eigenvalue weighted by Crippen LogP contribution is -2.43. The van der Waals surface area contributed by atoms with Gasteiger partial charge in [-0.3, -0.25) is 0 Å². The van der Waals surface area contributed by atoms with Crippen molar-refractivity contribution in [3.8, 4) is 22.9 Å². The predicted molar refractivity (Wildman–Crippen MR) is 194 cm³/mol. The van der Waals surface area contributed by atoms with E-state index in [1.807, 2.05) is 0 Å². The number of rotatable bonds is 6. The van der Waals surface area contributed by atoms with Gasteiger partial charge in [-0.2, -0.15) is 8.78 Å². The van der Waals surface area contributed by atoms with E-state index in [1.165, 1.54) is 22.7 Å². The molecule has 0 radical (unpaired) electrons. The van der Waals surface area contributed by atoms with E-state index in [-0.39, 0.29) is 10.3 Å². The van der Waals surface area contributed by atoms with Gasteiger partial charge in [0.1, 0.15) is 16.1 Å². The van der Waals surface area contributed by atoms with Gasteiger partial charge in [-0.1, -0.05) is 74.2 Å². The molecule has 2 heterocycles. The summed E-state index contributed by atoms with van der Waals surface area (Å²) < 4.78 is 31.0. The Bertz CT molecular complexity index is 1840. The van der Waals surface area contributed by atoms with Crippen molar-refractivity contribution in [1.29, 1.82) is 0 Å². The monoisotopic (exact) mass is 644 g/mol. The molecular formula is C37H42F2S2Si2. The van der Waals surface area contributed by atoms with Crippen molar-refractivity contribution >= 4 is 80.5 Å². The maximum Gasteiger partial charge on any atom is 0.177 e. The van der Waals surface area contributed by atoms with Gasteiger partial charge in [-0.05, 0) is 92.7 Å². The van der Waals surface area contributed by atoms with Crippen LogP contribution in [-0.4, -0.2) is 16.1 Å². The topological polar surface area (TPSA) is 0 Å². The van der Waals surface area contributed by atoms with Crippen molar-refractivity contribution in [1.82, 2.24) is 0 Å². The molecule has 5 rings (SSSR count). The molecule has 224 valence electrons. The summed E-state index contributed by atoms with van der Waals surface area (Å²) in [5.74, 6) is 7.50. The molecule has 0 bridgehead atoms. The molecule has 6 heteroatoms. The Balaban J connectivity index is 2.00. The summed E-state index contributed by atoms with van der Waals surface area (Å²) in [6.45, 7) is 20.8. The standard InChI is InChI=1S/C37H42F2S2Si2/c1-10-42(11-2,12-3)15-13-28-30-17-26-19-36(38)41-35(26)22-33(30)29(14-16-43(23(4)5,24(6)7)25(8)9)31-18-27-20-37(39)40-34(27)21-32(28)31/h17-25H,10-12H2,1-9H3. The zero-order valence-electron chi connectivity index (χ0n) is 26.9. The fraction of sp³-hybridized carbons (Fsp3) is 0.405. The smallest absolute Gasteiger partial charge is 0.177 e. The van der Waals surface area contributed by atoms with Crippen LogP contribution in [0.1, 0.15) is 73.4 Å². The molecule has 0 aliphatic rings. The number of fused-ring (bicyclic) bond motifs is 4. The number of benzene rings is 3. The minimum atomic E-state index is -2.05. The van der Waals surface area contributed by atoms with Crippen molar-refractivity contribution < 1.29 is 8.78 Å². The second kappa shape index (κ2) is 12.1. The van der Waals surface area contributed by atoms with Gasteiger partial charge >= 0.3 is 0 Å². The van der Waals surface area contributed by atoms with Crippen LogP contribution < -0.4 is 0 Å². The second-order valence-electron chi connectivity index (χ2n) is 13.0. The van der Waals surface area contributed by atoms with E-state index in [1.54, 1.807) is 12.1 Å². The van der Waals surface area contributed by atoms with Crippen LogP contribution in [0, 0.1) is 33.2 Å². The van der Waals surface area contributed by atoms with E-state index in [0.29, 0.717) is 16.6 Å². The van der Waals surface area contributed by atoms with Gasteiger partial charge in [-0.15, -0.1) is 33.8 Å². The zero-order valence-corrected chi connectivity index (χ0v) is 30.5. The van der Waals surface area contributed by atoms with Crippen LogP contribution in [0.5, 0.6) is 0 Å². The van der Waals surface area contributed by atoms with Gasteiger partial charge in [0.2, 0.25) is 0 Å². The normalized spacial score (nSPS) is 12.6. The van der Waals surface area contributed by atoms with E-state index in [0.717, 1.165) is 71.0 Å². The SMILES string of the molecule is CC[Si](C#Cc1c2cc3cc(F)sc3cc2c(C#C[Si](C(C)C)(C(C)C)C(C)C)c2cc3cc(F)sc3cc12)(CC)CC. The fourth-order valence-electron chi connectivity index (χ4n) is 7.31. The Morgan fingerprint density at radius 1 is 0.581 bits per heavy atom. The summed E-state index contributed by atoms with van der Waals surface area (Å²) in [4.78, 5) is 0. The molecule has 0 saturated carbocycles. The van der Waals surface area contributed by atoms with Gasteiger partial charge < -0.3 is 0 Å². The molecule has 43 heavy (non-hydrogen) atoms. The maximum atomic E-state index is 14.6. The molecule has 0 aliphatic carbocycles. The zero-order chi connectivity index (χ0) is 31.3. The molecule has 0 spiro atoms. The first-order chi connectivity index (χ1) is 20.4. The molecular weight excluding hydrogens is 603 g/mol. The molecule has 5 aromatic rings. The molecule has 0 unspecified atom stereocenters. The first-order valence-corrected chi connectivity index (χ1v) is 22.2. The highest BCUT2D eigenvalue weighted by atomic mass is 32.1. The van der Waals surface area contributed by atoms with E-state index < -0.39 is 16.1 Å². The van der Waals surface area contributed by atoms with E-state index in [2.05, 4.69) is 110 Å². The summed E-state index contributed by atoms with van der Waals surface area (Å²) in [6.07, 6.45) is 0. The highest BCUT2D eigenvalue weighted by molar-refractivity contribution is 7.18. The number of halogens is 2. The molecule has 0 aliphatic heterocycles. The first-order valence-electron chi connectivity index (χ1n) is 15.7. The Labute approximate surface area is 265 Å². The third kappa shape index (κ3) is 5.50. The Morgan fingerprint density at radius 3 is 1.33 bits per heavy atom. The number of hydrogen-bond acceptors (Lipinski definition) is 2. The van der Waals surface area contributed by atoms with Gasteiger partial charge in [-0.25, -0.2) is 0 Å². The van der Waals surface area contributed by atoms with Gasteiger partial charge in [0.05, 0.1) is 0 Å². The molecule has 0 N–H and O–H groups in total. The molecule has 3 aromatic carbocycles. The number of thiophene rings is 2. The van der Waals surface area contributed by atoms with Crippen LogP contribution in [0.3, 0.4) is 0 Å². The van der Waals surface area contributed by atoms with Crippen molar-refractivity contribution in [2.45, 2.75) is 97.1 Å². The summed E-state index contributed by atoms with van der Waals surface area (Å²) in [6, 6.07) is 15.1. The lowest BCUT2D eigenvalue weighted by molar-refractivity contribution is 0.658. The van der Waals surface area contributed by atoms with E-state index in [4.69, 9.17) is 0 Å². The van der Waals surface area contributed by atoms with Gasteiger partial charge in [0.25, 0.3) is 0 Å². The highest BCUT2D eigenvalue weighted by Gasteiger charge is 2.41. The highest BCUT2D eigenvalue weighted by Crippen LogP contribution is 2.43. The average Bonchev–Trinajstić information content (AvgIpc) is 3.51. The Hall–Kier alpha value is -2.49. The summed E-state index contributed by atoms with van der Waals surface area (Å²) in [7, 11) is -3.82. The minimum absolute atomic E-state index is 0.189. The molecule has 2 aromatic heterocycles. The van der Waals surface area contributed by atoms with Crippen molar-refractivity contribution in [3.63, 3.8) is 0 Å². The quantitative estimate of drug-likeness (QED) is 0.0980. The summed E-state index contributed by atoms with van der Waals surface area (Å²) in [5, 5.41) is 5.47. The maximum absolute atomic E-state index is 14.6. The molecule has 0 amide bonds. The second-order valence-corrected chi connectivity index (χ2v) is 25.5. The van der Waals surface area contributed by atoms with Crippen molar-refractivity contribution in [2.75, 3.05) is 0 Å². The minimum Gasteiger partial charge on any atom is -0.195 e. The van der Waals surface area contributed by atoms with Crippen LogP contribution in [-0.2, 0) is 0 Å². The number of hydrogen-bond donors (Lipinski definition) is 0. The summed E-state index contributed by atoms with van der Waals surface area (Å²) in [5.41, 5.74) is 11.2. The third-order valence-electron chi connectivity index (χ3n) is 10.1. The first kappa shape index (κ1) is 31.9. The van der Waals surface area contributed by atoms with Crippen LogP contribution in [0.25, 0.3) is 41.7 Å². The summed E-state index contributed by atoms with van der Waals surface area (Å²) >= 11 is 2.35. The van der Waals surface area contributed by atoms with Crippen molar-refractivity contribution in [2.24, 2.45) is 0 Å². The van der Waals surface area contributed by atoms with Crippen LogP contribution in [0.4, 0.5) is 8.78 Å². The van der Waals surface area contributed by atoms with E-state index in [9.17, 15) is 8.78 Å². The Morgan fingerprint density at radius 2 is 0.953 bits per heavy atom. The lowest BCUT2D eigenvalue weighted by Gasteiger charge is -2.38. The van der Waals surface area contributed by atoms with Crippen LogP contribution >= 0.6 is 22.7 Å². The largest absolute Gasteiger partial charge is 0.195 e. The fourth-order valence-corrected chi connectivity index (χ4v) is 16.6. The van der Waals surface area contributed by atoms with Crippen molar-refractivity contribution in [3.05, 3.63) is 57.8 Å². The van der Waals surface area contributed by atoms with Gasteiger partial charge in [0.15, 0.2) is 10.3 Å².